The first-order valence-corrected chi connectivity index (χ1v) is 7.05. The second-order valence-electron chi connectivity index (χ2n) is 5.56. The van der Waals surface area contributed by atoms with E-state index >= 15 is 0 Å². The molecular weight excluding hydrogens is 220 g/mol. The van der Waals surface area contributed by atoms with Crippen LogP contribution in [0.15, 0.2) is 29.8 Å². The third kappa shape index (κ3) is 2.59. The fourth-order valence-electron chi connectivity index (χ4n) is 2.84. The van der Waals surface area contributed by atoms with Crippen molar-refractivity contribution < 1.29 is 0 Å². The summed E-state index contributed by atoms with van der Waals surface area (Å²) in [6.45, 7) is 6.78. The SMILES string of the molecule is CC1=CCN(Cc2ccc3c(c2)CCCN3)CC1. The van der Waals surface area contributed by atoms with E-state index in [1.54, 1.807) is 5.57 Å². The molecule has 2 nitrogen and oxygen atoms in total. The molecule has 1 N–H and O–H groups in total. The molecule has 2 aliphatic rings. The predicted octanol–water partition coefficient (Wildman–Crippen LogP) is 3.20. The minimum Gasteiger partial charge on any atom is -0.385 e. The van der Waals surface area contributed by atoms with Gasteiger partial charge in [-0.1, -0.05) is 23.8 Å². The summed E-state index contributed by atoms with van der Waals surface area (Å²) >= 11 is 0. The first-order chi connectivity index (χ1) is 8.81. The molecule has 0 unspecified atom stereocenters. The van der Waals surface area contributed by atoms with Gasteiger partial charge in [0.15, 0.2) is 0 Å². The predicted molar refractivity (Wildman–Crippen MR) is 76.9 cm³/mol. The normalized spacial score (nSPS) is 19.9. The molecule has 96 valence electrons. The summed E-state index contributed by atoms with van der Waals surface area (Å²) < 4.78 is 0. The number of benzene rings is 1. The van der Waals surface area contributed by atoms with Gasteiger partial charge >= 0.3 is 0 Å². The Morgan fingerprint density at radius 1 is 1.28 bits per heavy atom. The molecule has 0 spiro atoms. The van der Waals surface area contributed by atoms with Crippen LogP contribution in [0, 0.1) is 0 Å². The van der Waals surface area contributed by atoms with Gasteiger partial charge in [-0.15, -0.1) is 0 Å². The van der Waals surface area contributed by atoms with Crippen molar-refractivity contribution in [2.24, 2.45) is 0 Å². The summed E-state index contributed by atoms with van der Waals surface area (Å²) in [6.07, 6.45) is 6.09. The number of hydrogen-bond acceptors (Lipinski definition) is 2. The lowest BCUT2D eigenvalue weighted by Gasteiger charge is -2.26. The van der Waals surface area contributed by atoms with Crippen molar-refractivity contribution in [3.8, 4) is 0 Å². The maximum Gasteiger partial charge on any atom is 0.0372 e. The number of rotatable bonds is 2. The number of hydrogen-bond donors (Lipinski definition) is 1. The molecule has 2 heteroatoms. The third-order valence-corrected chi connectivity index (χ3v) is 4.03. The van der Waals surface area contributed by atoms with Gasteiger partial charge in [-0.3, -0.25) is 4.90 Å². The van der Waals surface area contributed by atoms with Crippen LogP contribution in [0.5, 0.6) is 0 Å². The molecule has 0 saturated carbocycles. The maximum atomic E-state index is 3.48. The third-order valence-electron chi connectivity index (χ3n) is 4.03. The Morgan fingerprint density at radius 2 is 2.22 bits per heavy atom. The Morgan fingerprint density at radius 3 is 3.06 bits per heavy atom. The van der Waals surface area contributed by atoms with Gasteiger partial charge in [0.25, 0.3) is 0 Å². The van der Waals surface area contributed by atoms with Gasteiger partial charge in [-0.25, -0.2) is 0 Å². The molecule has 2 aliphatic heterocycles. The van der Waals surface area contributed by atoms with E-state index in [-0.39, 0.29) is 0 Å². The molecule has 0 atom stereocenters. The molecule has 18 heavy (non-hydrogen) atoms. The largest absolute Gasteiger partial charge is 0.385 e. The van der Waals surface area contributed by atoms with Gasteiger partial charge in [0.2, 0.25) is 0 Å². The zero-order valence-electron chi connectivity index (χ0n) is 11.2. The fraction of sp³-hybridized carbons (Fsp3) is 0.500. The second-order valence-corrected chi connectivity index (χ2v) is 5.56. The van der Waals surface area contributed by atoms with Crippen molar-refractivity contribution in [3.63, 3.8) is 0 Å². The van der Waals surface area contributed by atoms with Gasteiger partial charge in [0, 0.05) is 31.9 Å². The van der Waals surface area contributed by atoms with Crippen LogP contribution in [-0.4, -0.2) is 24.5 Å². The number of nitrogens with one attached hydrogen (secondary N) is 1. The standard InChI is InChI=1S/C16H22N2/c1-13-6-9-18(10-7-13)12-14-4-5-16-15(11-14)3-2-8-17-16/h4-6,11,17H,2-3,7-10,12H2,1H3. The van der Waals surface area contributed by atoms with Crippen LogP contribution in [0.3, 0.4) is 0 Å². The van der Waals surface area contributed by atoms with E-state index < -0.39 is 0 Å². The summed E-state index contributed by atoms with van der Waals surface area (Å²) in [7, 11) is 0. The Kier molecular flexibility index (Phi) is 3.37. The molecule has 0 fully saturated rings. The molecule has 0 aromatic heterocycles. The molecule has 0 saturated heterocycles. The van der Waals surface area contributed by atoms with E-state index in [0.717, 1.165) is 19.6 Å². The zero-order chi connectivity index (χ0) is 12.4. The molecule has 0 radical (unpaired) electrons. The van der Waals surface area contributed by atoms with Crippen molar-refractivity contribution in [1.82, 2.24) is 4.90 Å². The van der Waals surface area contributed by atoms with Crippen molar-refractivity contribution in [3.05, 3.63) is 41.0 Å². The smallest absolute Gasteiger partial charge is 0.0372 e. The molecule has 0 aliphatic carbocycles. The van der Waals surface area contributed by atoms with Gasteiger partial charge in [-0.05, 0) is 43.4 Å². The van der Waals surface area contributed by atoms with E-state index in [4.69, 9.17) is 0 Å². The van der Waals surface area contributed by atoms with E-state index in [0.29, 0.717) is 0 Å². The van der Waals surface area contributed by atoms with Gasteiger partial charge in [0.1, 0.15) is 0 Å². The fourth-order valence-corrected chi connectivity index (χ4v) is 2.84. The monoisotopic (exact) mass is 242 g/mol. The molecule has 3 rings (SSSR count). The van der Waals surface area contributed by atoms with Crippen molar-refractivity contribution in [2.45, 2.75) is 32.7 Å². The Labute approximate surface area is 110 Å². The zero-order valence-corrected chi connectivity index (χ0v) is 11.2. The average molecular weight is 242 g/mol. The summed E-state index contributed by atoms with van der Waals surface area (Å²) in [5.41, 5.74) is 5.85. The summed E-state index contributed by atoms with van der Waals surface area (Å²) in [5, 5.41) is 3.48. The van der Waals surface area contributed by atoms with E-state index in [1.807, 2.05) is 0 Å². The van der Waals surface area contributed by atoms with Crippen LogP contribution in [0.2, 0.25) is 0 Å². The van der Waals surface area contributed by atoms with Crippen LogP contribution in [0.4, 0.5) is 5.69 Å². The summed E-state index contributed by atoms with van der Waals surface area (Å²) in [6, 6.07) is 6.93. The highest BCUT2D eigenvalue weighted by Gasteiger charge is 2.12. The average Bonchev–Trinajstić information content (AvgIpc) is 2.41. The molecule has 2 heterocycles. The summed E-state index contributed by atoms with van der Waals surface area (Å²) in [5.74, 6) is 0. The second kappa shape index (κ2) is 5.15. The highest BCUT2D eigenvalue weighted by Crippen LogP contribution is 2.24. The minimum absolute atomic E-state index is 1.09. The lowest BCUT2D eigenvalue weighted by molar-refractivity contribution is 0.286. The van der Waals surface area contributed by atoms with Crippen molar-refractivity contribution >= 4 is 5.69 Å². The number of aryl methyl sites for hydroxylation is 1. The Hall–Kier alpha value is -1.28. The van der Waals surface area contributed by atoms with Crippen LogP contribution in [0.25, 0.3) is 0 Å². The molecule has 1 aromatic carbocycles. The maximum absolute atomic E-state index is 3.48. The molecule has 1 aromatic rings. The summed E-state index contributed by atoms with van der Waals surface area (Å²) in [4.78, 5) is 2.53. The molecule has 0 amide bonds. The van der Waals surface area contributed by atoms with Crippen molar-refractivity contribution in [1.29, 1.82) is 0 Å². The first kappa shape index (κ1) is 11.8. The quantitative estimate of drug-likeness (QED) is 0.801. The first-order valence-electron chi connectivity index (χ1n) is 7.05. The number of nitrogens with zero attached hydrogens (tertiary/aromatic N) is 1. The highest BCUT2D eigenvalue weighted by atomic mass is 15.1. The molecular formula is C16H22N2. The Bertz CT molecular complexity index is 462. The van der Waals surface area contributed by atoms with Gasteiger partial charge in [0.05, 0.1) is 0 Å². The van der Waals surface area contributed by atoms with Crippen molar-refractivity contribution in [2.75, 3.05) is 25.0 Å². The van der Waals surface area contributed by atoms with Crippen LogP contribution in [0.1, 0.15) is 30.9 Å². The van der Waals surface area contributed by atoms with E-state index in [1.165, 1.54) is 42.6 Å². The van der Waals surface area contributed by atoms with Gasteiger partial charge in [-0.2, -0.15) is 0 Å². The van der Waals surface area contributed by atoms with E-state index in [2.05, 4.69) is 41.4 Å². The highest BCUT2D eigenvalue weighted by molar-refractivity contribution is 5.54. The van der Waals surface area contributed by atoms with E-state index in [9.17, 15) is 0 Å². The Balaban J connectivity index is 1.69. The van der Waals surface area contributed by atoms with Crippen LogP contribution >= 0.6 is 0 Å². The lowest BCUT2D eigenvalue weighted by Crippen LogP contribution is -2.28. The van der Waals surface area contributed by atoms with Gasteiger partial charge < -0.3 is 5.32 Å². The van der Waals surface area contributed by atoms with Crippen LogP contribution < -0.4 is 5.32 Å². The number of anilines is 1. The molecule has 0 bridgehead atoms. The topological polar surface area (TPSA) is 15.3 Å². The van der Waals surface area contributed by atoms with Crippen LogP contribution in [-0.2, 0) is 13.0 Å². The number of fused-ring (bicyclic) bond motifs is 1. The minimum atomic E-state index is 1.09. The lowest BCUT2D eigenvalue weighted by atomic mass is 10.0.